The van der Waals surface area contributed by atoms with Crippen molar-refractivity contribution in [1.82, 2.24) is 5.32 Å². The lowest BCUT2D eigenvalue weighted by Crippen LogP contribution is -2.34. The summed E-state index contributed by atoms with van der Waals surface area (Å²) < 4.78 is 11.0. The van der Waals surface area contributed by atoms with Crippen molar-refractivity contribution < 1.29 is 24.2 Å². The molecule has 2 aromatic carbocycles. The molecule has 1 aliphatic heterocycles. The summed E-state index contributed by atoms with van der Waals surface area (Å²) >= 11 is 0. The largest absolute Gasteiger partial charge is 0.486 e. The zero-order chi connectivity index (χ0) is 18.5. The van der Waals surface area contributed by atoms with Crippen molar-refractivity contribution in [2.75, 3.05) is 19.8 Å². The molecule has 1 amide bonds. The number of hydrogen-bond donors (Lipinski definition) is 2. The zero-order valence-corrected chi connectivity index (χ0v) is 14.5. The number of aryl methyl sites for hydroxylation is 1. The second-order valence-corrected chi connectivity index (χ2v) is 6.27. The first kappa shape index (κ1) is 17.8. The molecule has 0 saturated carbocycles. The van der Waals surface area contributed by atoms with Crippen molar-refractivity contribution in [3.05, 3.63) is 59.2 Å². The number of nitrogens with one attached hydrogen (secondary N) is 1. The SMILES string of the molecule is Cc1cccc(CC(CNC(=O)c2cccc3c2OCCO3)C(=O)O)c1. The van der Waals surface area contributed by atoms with Gasteiger partial charge in [0.1, 0.15) is 13.2 Å². The highest BCUT2D eigenvalue weighted by Gasteiger charge is 2.23. The Kier molecular flexibility index (Phi) is 5.41. The van der Waals surface area contributed by atoms with Gasteiger partial charge in [-0.2, -0.15) is 0 Å². The number of carboxylic acid groups (broad SMARTS) is 1. The number of amides is 1. The topological polar surface area (TPSA) is 84.9 Å². The van der Waals surface area contributed by atoms with E-state index >= 15 is 0 Å². The molecule has 1 aliphatic rings. The standard InChI is InChI=1S/C20H21NO5/c1-13-4-2-5-14(10-13)11-15(20(23)24)12-21-19(22)16-6-3-7-17-18(16)26-9-8-25-17/h2-7,10,15H,8-9,11-12H2,1H3,(H,21,22)(H,23,24). The third kappa shape index (κ3) is 4.14. The Morgan fingerprint density at radius 3 is 2.69 bits per heavy atom. The molecule has 2 N–H and O–H groups in total. The summed E-state index contributed by atoms with van der Waals surface area (Å²) in [5.41, 5.74) is 2.35. The van der Waals surface area contributed by atoms with Crippen LogP contribution in [0.15, 0.2) is 42.5 Å². The summed E-state index contributed by atoms with van der Waals surface area (Å²) in [6, 6.07) is 12.8. The Balaban J connectivity index is 1.68. The number of aliphatic carboxylic acids is 1. The quantitative estimate of drug-likeness (QED) is 0.831. The minimum atomic E-state index is -0.943. The molecule has 0 saturated heterocycles. The van der Waals surface area contributed by atoms with Gasteiger partial charge in [0.15, 0.2) is 11.5 Å². The van der Waals surface area contributed by atoms with E-state index in [2.05, 4.69) is 5.32 Å². The maximum absolute atomic E-state index is 12.5. The lowest BCUT2D eigenvalue weighted by Gasteiger charge is -2.21. The molecule has 0 spiro atoms. The van der Waals surface area contributed by atoms with Crippen molar-refractivity contribution in [1.29, 1.82) is 0 Å². The molecule has 0 aliphatic carbocycles. The molecule has 0 radical (unpaired) electrons. The summed E-state index contributed by atoms with van der Waals surface area (Å²) in [6.45, 7) is 2.81. The van der Waals surface area contributed by atoms with Gasteiger partial charge >= 0.3 is 5.97 Å². The van der Waals surface area contributed by atoms with Crippen LogP contribution in [-0.2, 0) is 11.2 Å². The Labute approximate surface area is 151 Å². The van der Waals surface area contributed by atoms with E-state index in [1.807, 2.05) is 31.2 Å². The lowest BCUT2D eigenvalue weighted by molar-refractivity contribution is -0.141. The highest BCUT2D eigenvalue weighted by Crippen LogP contribution is 2.33. The highest BCUT2D eigenvalue weighted by atomic mass is 16.6. The number of carbonyl (C=O) groups is 2. The summed E-state index contributed by atoms with van der Waals surface area (Å²) in [5, 5.41) is 12.2. The molecule has 3 rings (SSSR count). The first-order valence-corrected chi connectivity index (χ1v) is 8.50. The Morgan fingerprint density at radius 2 is 1.92 bits per heavy atom. The van der Waals surface area contributed by atoms with Gasteiger partial charge in [-0.05, 0) is 31.0 Å². The van der Waals surface area contributed by atoms with E-state index in [0.717, 1.165) is 11.1 Å². The van der Waals surface area contributed by atoms with Crippen LogP contribution in [0.1, 0.15) is 21.5 Å². The van der Waals surface area contributed by atoms with Crippen molar-refractivity contribution >= 4 is 11.9 Å². The van der Waals surface area contributed by atoms with Gasteiger partial charge in [0, 0.05) is 6.54 Å². The van der Waals surface area contributed by atoms with E-state index in [0.29, 0.717) is 36.7 Å². The van der Waals surface area contributed by atoms with Gasteiger partial charge in [0.25, 0.3) is 5.91 Å². The van der Waals surface area contributed by atoms with E-state index < -0.39 is 11.9 Å². The van der Waals surface area contributed by atoms with Crippen LogP contribution in [0.2, 0.25) is 0 Å². The summed E-state index contributed by atoms with van der Waals surface area (Å²) in [4.78, 5) is 24.1. The lowest BCUT2D eigenvalue weighted by atomic mass is 9.98. The summed E-state index contributed by atoms with van der Waals surface area (Å²) in [6.07, 6.45) is 0.351. The van der Waals surface area contributed by atoms with E-state index in [1.165, 1.54) is 0 Å². The molecule has 1 unspecified atom stereocenters. The van der Waals surface area contributed by atoms with E-state index in [9.17, 15) is 14.7 Å². The number of benzene rings is 2. The van der Waals surface area contributed by atoms with Crippen LogP contribution in [0.4, 0.5) is 0 Å². The van der Waals surface area contributed by atoms with E-state index in [1.54, 1.807) is 18.2 Å². The molecule has 0 aromatic heterocycles. The van der Waals surface area contributed by atoms with Crippen LogP contribution in [0, 0.1) is 12.8 Å². The third-order valence-electron chi connectivity index (χ3n) is 4.23. The minimum Gasteiger partial charge on any atom is -0.486 e. The number of carbonyl (C=O) groups excluding carboxylic acids is 1. The van der Waals surface area contributed by atoms with Crippen LogP contribution >= 0.6 is 0 Å². The van der Waals surface area contributed by atoms with Gasteiger partial charge in [-0.1, -0.05) is 35.9 Å². The smallest absolute Gasteiger partial charge is 0.308 e. The number of ether oxygens (including phenoxy) is 2. The Hall–Kier alpha value is -3.02. The van der Waals surface area contributed by atoms with Crippen molar-refractivity contribution in [3.8, 4) is 11.5 Å². The first-order valence-electron chi connectivity index (χ1n) is 8.50. The van der Waals surface area contributed by atoms with Crippen molar-refractivity contribution in [2.45, 2.75) is 13.3 Å². The Morgan fingerprint density at radius 1 is 1.15 bits per heavy atom. The molecule has 0 fully saturated rings. The fraction of sp³-hybridized carbons (Fsp3) is 0.300. The van der Waals surface area contributed by atoms with Crippen LogP contribution in [0.25, 0.3) is 0 Å². The maximum atomic E-state index is 12.5. The molecule has 0 bridgehead atoms. The predicted octanol–water partition coefficient (Wildman–Crippen LogP) is 2.44. The van der Waals surface area contributed by atoms with Crippen LogP contribution < -0.4 is 14.8 Å². The molecule has 6 heteroatoms. The fourth-order valence-electron chi connectivity index (χ4n) is 2.93. The van der Waals surface area contributed by atoms with Gasteiger partial charge in [-0.15, -0.1) is 0 Å². The molecule has 1 atom stereocenters. The van der Waals surface area contributed by atoms with Crippen molar-refractivity contribution in [3.63, 3.8) is 0 Å². The van der Waals surface area contributed by atoms with Gasteiger partial charge < -0.3 is 19.9 Å². The fourth-order valence-corrected chi connectivity index (χ4v) is 2.93. The van der Waals surface area contributed by atoms with Gasteiger partial charge in [0.05, 0.1) is 11.5 Å². The number of fused-ring (bicyclic) bond motifs is 1. The van der Waals surface area contributed by atoms with Gasteiger partial charge in [-0.3, -0.25) is 9.59 Å². The second-order valence-electron chi connectivity index (χ2n) is 6.27. The minimum absolute atomic E-state index is 0.0344. The molecular weight excluding hydrogens is 334 g/mol. The summed E-state index contributed by atoms with van der Waals surface area (Å²) in [5.74, 6) is -1.10. The number of hydrogen-bond acceptors (Lipinski definition) is 4. The molecule has 1 heterocycles. The average Bonchev–Trinajstić information content (AvgIpc) is 2.64. The predicted molar refractivity (Wildman–Crippen MR) is 95.8 cm³/mol. The monoisotopic (exact) mass is 355 g/mol. The molecule has 136 valence electrons. The maximum Gasteiger partial charge on any atom is 0.308 e. The zero-order valence-electron chi connectivity index (χ0n) is 14.5. The van der Waals surface area contributed by atoms with Crippen molar-refractivity contribution in [2.24, 2.45) is 5.92 Å². The molecular formula is C20H21NO5. The average molecular weight is 355 g/mol. The number of rotatable bonds is 6. The van der Waals surface area contributed by atoms with Gasteiger partial charge in [-0.25, -0.2) is 0 Å². The number of carboxylic acids is 1. The van der Waals surface area contributed by atoms with Crippen LogP contribution in [0.3, 0.4) is 0 Å². The second kappa shape index (κ2) is 7.91. The van der Waals surface area contributed by atoms with Gasteiger partial charge in [0.2, 0.25) is 0 Å². The van der Waals surface area contributed by atoms with Crippen LogP contribution in [0.5, 0.6) is 11.5 Å². The molecule has 2 aromatic rings. The third-order valence-corrected chi connectivity index (χ3v) is 4.23. The molecule has 6 nitrogen and oxygen atoms in total. The van der Waals surface area contributed by atoms with Crippen LogP contribution in [-0.4, -0.2) is 36.7 Å². The Bertz CT molecular complexity index is 818. The first-order chi connectivity index (χ1) is 12.5. The molecule has 26 heavy (non-hydrogen) atoms. The number of para-hydroxylation sites is 1. The summed E-state index contributed by atoms with van der Waals surface area (Å²) in [7, 11) is 0. The van der Waals surface area contributed by atoms with E-state index in [4.69, 9.17) is 9.47 Å². The highest BCUT2D eigenvalue weighted by molar-refractivity contribution is 5.98. The van der Waals surface area contributed by atoms with E-state index in [-0.39, 0.29) is 12.5 Å². The normalized spacial score (nSPS) is 13.7.